The van der Waals surface area contributed by atoms with Crippen molar-refractivity contribution in [3.8, 4) is 22.9 Å². The Balaban J connectivity index is 1.99. The Morgan fingerprint density at radius 2 is 1.91 bits per heavy atom. The Morgan fingerprint density at radius 3 is 2.56 bits per heavy atom. The SMILES string of the molecule is CCOc1cc(C)c(-c2nc3ccccc3c(=O)n2N=Cc2cc(Cl)cc([N+](=O)[O-])c2O[C@@H](C)C(=O)OC)cc1C(C)C. The van der Waals surface area contributed by atoms with E-state index in [0.29, 0.717) is 23.1 Å². The molecule has 3 aromatic carbocycles. The fraction of sp³-hybridized carbons (Fsp3) is 0.290. The van der Waals surface area contributed by atoms with E-state index < -0.39 is 28.2 Å². The maximum absolute atomic E-state index is 13.8. The Kier molecular flexibility index (Phi) is 9.45. The van der Waals surface area contributed by atoms with Crippen LogP contribution in [0, 0.1) is 17.0 Å². The predicted octanol–water partition coefficient (Wildman–Crippen LogP) is 6.28. The fourth-order valence-corrected chi connectivity index (χ4v) is 4.77. The minimum Gasteiger partial charge on any atom is -0.494 e. The largest absolute Gasteiger partial charge is 0.494 e. The summed E-state index contributed by atoms with van der Waals surface area (Å²) in [5, 5.41) is 16.7. The number of rotatable bonds is 10. The summed E-state index contributed by atoms with van der Waals surface area (Å²) in [7, 11) is 1.18. The summed E-state index contributed by atoms with van der Waals surface area (Å²) >= 11 is 6.21. The Labute approximate surface area is 252 Å². The summed E-state index contributed by atoms with van der Waals surface area (Å²) in [4.78, 5) is 41.9. The molecule has 0 aliphatic rings. The smallest absolute Gasteiger partial charge is 0.346 e. The molecular weight excluding hydrogens is 576 g/mol. The van der Waals surface area contributed by atoms with Crippen LogP contribution in [0.3, 0.4) is 0 Å². The number of hydrogen-bond donors (Lipinski definition) is 0. The number of hydrogen-bond acceptors (Lipinski definition) is 9. The molecule has 12 heteroatoms. The number of nitro groups is 1. The number of ether oxygens (including phenoxy) is 3. The number of aromatic nitrogens is 2. The van der Waals surface area contributed by atoms with Gasteiger partial charge < -0.3 is 14.2 Å². The Hall–Kier alpha value is -4.77. The minimum absolute atomic E-state index is 0.0272. The van der Waals surface area contributed by atoms with Crippen LogP contribution >= 0.6 is 11.6 Å². The van der Waals surface area contributed by atoms with Crippen LogP contribution in [0.1, 0.15) is 50.3 Å². The average molecular weight is 607 g/mol. The second-order valence-corrected chi connectivity index (χ2v) is 10.4. The summed E-state index contributed by atoms with van der Waals surface area (Å²) in [5.41, 5.74) is 1.97. The van der Waals surface area contributed by atoms with Crippen molar-refractivity contribution in [2.75, 3.05) is 13.7 Å². The van der Waals surface area contributed by atoms with Crippen molar-refractivity contribution in [2.45, 2.75) is 46.6 Å². The first-order valence-electron chi connectivity index (χ1n) is 13.5. The number of carbonyl (C=O) groups excluding carboxylic acids is 1. The lowest BCUT2D eigenvalue weighted by atomic mass is 9.96. The van der Waals surface area contributed by atoms with Gasteiger partial charge in [0.15, 0.2) is 11.9 Å². The number of nitrogens with zero attached hydrogens (tertiary/aromatic N) is 4. The van der Waals surface area contributed by atoms with Crippen molar-refractivity contribution in [2.24, 2.45) is 5.10 Å². The zero-order valence-electron chi connectivity index (χ0n) is 24.6. The molecule has 0 N–H and O–H groups in total. The molecule has 4 rings (SSSR count). The highest BCUT2D eigenvalue weighted by molar-refractivity contribution is 6.31. The average Bonchev–Trinajstić information content (AvgIpc) is 2.97. The van der Waals surface area contributed by atoms with Crippen molar-refractivity contribution in [1.29, 1.82) is 0 Å². The molecule has 43 heavy (non-hydrogen) atoms. The third-order valence-electron chi connectivity index (χ3n) is 6.67. The summed E-state index contributed by atoms with van der Waals surface area (Å²) < 4.78 is 17.4. The molecule has 0 radical (unpaired) electrons. The van der Waals surface area contributed by atoms with Crippen LogP contribution in [-0.4, -0.2) is 46.6 Å². The molecule has 1 aromatic heterocycles. The third-order valence-corrected chi connectivity index (χ3v) is 6.89. The molecule has 4 aromatic rings. The summed E-state index contributed by atoms with van der Waals surface area (Å²) in [6.45, 7) is 9.76. The number of methoxy groups -OCH3 is 1. The van der Waals surface area contributed by atoms with Gasteiger partial charge in [0.05, 0.1) is 35.8 Å². The first-order valence-corrected chi connectivity index (χ1v) is 13.9. The van der Waals surface area contributed by atoms with E-state index >= 15 is 0 Å². The Bertz CT molecular complexity index is 1800. The van der Waals surface area contributed by atoms with E-state index in [9.17, 15) is 19.7 Å². The van der Waals surface area contributed by atoms with E-state index in [4.69, 9.17) is 30.8 Å². The second kappa shape index (κ2) is 13.0. The van der Waals surface area contributed by atoms with Crippen LogP contribution in [0.2, 0.25) is 5.02 Å². The van der Waals surface area contributed by atoms with Gasteiger partial charge in [0.25, 0.3) is 5.56 Å². The second-order valence-electron chi connectivity index (χ2n) is 9.99. The maximum atomic E-state index is 13.8. The fourth-order valence-electron chi connectivity index (χ4n) is 4.55. The minimum atomic E-state index is -1.18. The number of para-hydroxylation sites is 1. The van der Waals surface area contributed by atoms with Gasteiger partial charge in [-0.2, -0.15) is 9.78 Å². The number of esters is 1. The van der Waals surface area contributed by atoms with Crippen molar-refractivity contribution in [3.05, 3.63) is 90.7 Å². The molecule has 0 fully saturated rings. The molecule has 0 spiro atoms. The summed E-state index contributed by atoms with van der Waals surface area (Å²) in [6.07, 6.45) is 0.0332. The van der Waals surface area contributed by atoms with E-state index in [1.807, 2.05) is 39.8 Å². The third kappa shape index (κ3) is 6.51. The van der Waals surface area contributed by atoms with E-state index in [1.54, 1.807) is 24.3 Å². The molecule has 0 saturated carbocycles. The van der Waals surface area contributed by atoms with Crippen LogP contribution in [0.25, 0.3) is 22.3 Å². The number of halogens is 1. The van der Waals surface area contributed by atoms with Crippen LogP contribution in [0.5, 0.6) is 11.5 Å². The molecule has 0 aliphatic heterocycles. The van der Waals surface area contributed by atoms with E-state index in [2.05, 4.69) is 5.10 Å². The molecular formula is C31H31ClN4O7. The predicted molar refractivity (Wildman–Crippen MR) is 165 cm³/mol. The molecule has 0 unspecified atom stereocenters. The van der Waals surface area contributed by atoms with Gasteiger partial charge in [0.1, 0.15) is 5.75 Å². The molecule has 0 bridgehead atoms. The van der Waals surface area contributed by atoms with Crippen molar-refractivity contribution in [3.63, 3.8) is 0 Å². The topological polar surface area (TPSA) is 135 Å². The quantitative estimate of drug-likeness (QED) is 0.0891. The lowest BCUT2D eigenvalue weighted by molar-refractivity contribution is -0.386. The lowest BCUT2D eigenvalue weighted by Crippen LogP contribution is -2.26. The van der Waals surface area contributed by atoms with Gasteiger partial charge in [-0.1, -0.05) is 37.6 Å². The molecule has 1 atom stereocenters. The summed E-state index contributed by atoms with van der Waals surface area (Å²) in [6, 6.07) is 13.2. The van der Waals surface area contributed by atoms with Gasteiger partial charge in [-0.05, 0) is 68.1 Å². The standard InChI is InChI=1S/C31H31ClN4O7/c1-7-42-27-12-18(4)24(15-23(27)17(2)3)29-34-25-11-9-8-10-22(25)30(37)35(29)33-16-20-13-21(32)14-26(36(39)40)28(20)43-19(5)31(38)41-6/h8-17,19H,7H2,1-6H3/t19-/m0/s1. The number of fused-ring (bicyclic) bond motifs is 1. The molecule has 0 amide bonds. The van der Waals surface area contributed by atoms with Crippen LogP contribution in [-0.2, 0) is 9.53 Å². The molecule has 0 aliphatic carbocycles. The van der Waals surface area contributed by atoms with Gasteiger partial charge in [-0.15, -0.1) is 0 Å². The molecule has 224 valence electrons. The van der Waals surface area contributed by atoms with Gasteiger partial charge in [0.2, 0.25) is 5.75 Å². The highest BCUT2D eigenvalue weighted by Crippen LogP contribution is 2.36. The van der Waals surface area contributed by atoms with Gasteiger partial charge in [-0.3, -0.25) is 14.9 Å². The first kappa shape index (κ1) is 31.2. The molecule has 0 saturated heterocycles. The van der Waals surface area contributed by atoms with Crippen molar-refractivity contribution in [1.82, 2.24) is 9.66 Å². The van der Waals surface area contributed by atoms with Gasteiger partial charge in [0, 0.05) is 22.2 Å². The van der Waals surface area contributed by atoms with Gasteiger partial charge >= 0.3 is 11.7 Å². The lowest BCUT2D eigenvalue weighted by Gasteiger charge is -2.18. The Morgan fingerprint density at radius 1 is 1.19 bits per heavy atom. The molecule has 1 heterocycles. The van der Waals surface area contributed by atoms with Gasteiger partial charge in [-0.25, -0.2) is 9.78 Å². The van der Waals surface area contributed by atoms with E-state index in [1.165, 1.54) is 26.3 Å². The van der Waals surface area contributed by atoms with Crippen molar-refractivity contribution < 1.29 is 23.9 Å². The monoisotopic (exact) mass is 606 g/mol. The zero-order chi connectivity index (χ0) is 31.4. The summed E-state index contributed by atoms with van der Waals surface area (Å²) in [5.74, 6) is 0.0950. The molecule has 11 nitrogen and oxygen atoms in total. The highest BCUT2D eigenvalue weighted by Gasteiger charge is 2.26. The number of benzene rings is 3. The number of carbonyl (C=O) groups is 1. The van der Waals surface area contributed by atoms with Crippen LogP contribution in [0.15, 0.2) is 58.4 Å². The number of nitro benzene ring substituents is 1. The number of aryl methyl sites for hydroxylation is 1. The van der Waals surface area contributed by atoms with Crippen LogP contribution in [0.4, 0.5) is 5.69 Å². The van der Waals surface area contributed by atoms with Crippen LogP contribution < -0.4 is 15.0 Å². The normalized spacial score (nSPS) is 12.1. The zero-order valence-corrected chi connectivity index (χ0v) is 25.3. The van der Waals surface area contributed by atoms with E-state index in [0.717, 1.165) is 27.6 Å². The van der Waals surface area contributed by atoms with Crippen molar-refractivity contribution >= 4 is 40.4 Å². The maximum Gasteiger partial charge on any atom is 0.346 e. The van der Waals surface area contributed by atoms with E-state index in [-0.39, 0.29) is 28.1 Å². The first-order chi connectivity index (χ1) is 20.5. The highest BCUT2D eigenvalue weighted by atomic mass is 35.5.